The highest BCUT2D eigenvalue weighted by atomic mass is 16.5. The van der Waals surface area contributed by atoms with Gasteiger partial charge in [0.05, 0.1) is 13.2 Å². The van der Waals surface area contributed by atoms with Gasteiger partial charge in [-0.05, 0) is 18.9 Å². The molecule has 0 saturated carbocycles. The van der Waals surface area contributed by atoms with Crippen molar-refractivity contribution in [1.29, 1.82) is 0 Å². The number of carbonyl (C=O) groups is 1. The maximum absolute atomic E-state index is 10.6. The van der Waals surface area contributed by atoms with Crippen LogP contribution in [0.3, 0.4) is 0 Å². The van der Waals surface area contributed by atoms with Gasteiger partial charge in [0, 0.05) is 26.3 Å². The van der Waals surface area contributed by atoms with Crippen LogP contribution in [0.25, 0.3) is 0 Å². The number of anilines is 1. The third kappa shape index (κ3) is 5.70. The molecule has 0 aliphatic carbocycles. The predicted molar refractivity (Wildman–Crippen MR) is 66.1 cm³/mol. The summed E-state index contributed by atoms with van der Waals surface area (Å²) in [5.41, 5.74) is 0. The molecule has 1 aromatic heterocycles. The second-order valence-electron chi connectivity index (χ2n) is 3.71. The van der Waals surface area contributed by atoms with Crippen molar-refractivity contribution in [2.24, 2.45) is 0 Å². The second-order valence-corrected chi connectivity index (χ2v) is 3.71. The number of nitrogens with one attached hydrogen (secondary N) is 1. The maximum Gasteiger partial charge on any atom is 0.371 e. The standard InChI is InChI=1S/C12H19NO5/c1-16-8-9-17-7-3-2-6-13-11-5-4-10(18-11)12(14)15/h4-5,13H,2-3,6-9H2,1H3,(H,14,15). The van der Waals surface area contributed by atoms with Gasteiger partial charge >= 0.3 is 5.97 Å². The quantitative estimate of drug-likeness (QED) is 0.622. The number of carboxylic acids is 1. The largest absolute Gasteiger partial charge is 0.475 e. The normalized spacial score (nSPS) is 10.5. The molecule has 0 aliphatic heterocycles. The zero-order valence-electron chi connectivity index (χ0n) is 10.5. The van der Waals surface area contributed by atoms with Gasteiger partial charge in [-0.15, -0.1) is 0 Å². The molecule has 2 N–H and O–H groups in total. The van der Waals surface area contributed by atoms with Crippen molar-refractivity contribution in [3.8, 4) is 0 Å². The Bertz CT molecular complexity index is 350. The number of ether oxygens (including phenoxy) is 2. The van der Waals surface area contributed by atoms with Crippen LogP contribution in [0.4, 0.5) is 5.88 Å². The van der Waals surface area contributed by atoms with E-state index in [0.717, 1.165) is 19.4 Å². The molecule has 1 rings (SSSR count). The van der Waals surface area contributed by atoms with Crippen LogP contribution >= 0.6 is 0 Å². The van der Waals surface area contributed by atoms with Crippen LogP contribution < -0.4 is 5.32 Å². The molecule has 0 spiro atoms. The van der Waals surface area contributed by atoms with Gasteiger partial charge in [-0.25, -0.2) is 4.79 Å². The zero-order valence-corrected chi connectivity index (χ0v) is 10.5. The molecule has 0 aromatic carbocycles. The van der Waals surface area contributed by atoms with Crippen LogP contribution in [-0.2, 0) is 9.47 Å². The minimum absolute atomic E-state index is 0.0552. The Morgan fingerprint density at radius 2 is 2.17 bits per heavy atom. The smallest absolute Gasteiger partial charge is 0.371 e. The van der Waals surface area contributed by atoms with E-state index in [9.17, 15) is 4.79 Å². The van der Waals surface area contributed by atoms with Gasteiger partial charge in [-0.1, -0.05) is 0 Å². The van der Waals surface area contributed by atoms with Crippen LogP contribution in [-0.4, -0.2) is 44.6 Å². The Morgan fingerprint density at radius 1 is 1.33 bits per heavy atom. The summed E-state index contributed by atoms with van der Waals surface area (Å²) >= 11 is 0. The fourth-order valence-corrected chi connectivity index (χ4v) is 1.33. The van der Waals surface area contributed by atoms with Crippen molar-refractivity contribution < 1.29 is 23.8 Å². The molecule has 6 heteroatoms. The highest BCUT2D eigenvalue weighted by Crippen LogP contribution is 2.13. The Labute approximate surface area is 106 Å². The van der Waals surface area contributed by atoms with Crippen LogP contribution in [0, 0.1) is 0 Å². The van der Waals surface area contributed by atoms with E-state index in [0.29, 0.717) is 25.7 Å². The molecule has 0 unspecified atom stereocenters. The molecule has 1 aromatic rings. The van der Waals surface area contributed by atoms with E-state index in [1.165, 1.54) is 6.07 Å². The first-order valence-electron chi connectivity index (χ1n) is 5.87. The summed E-state index contributed by atoms with van der Waals surface area (Å²) in [4.78, 5) is 10.6. The van der Waals surface area contributed by atoms with Crippen molar-refractivity contribution in [3.63, 3.8) is 0 Å². The summed E-state index contributed by atoms with van der Waals surface area (Å²) in [6.07, 6.45) is 1.86. The topological polar surface area (TPSA) is 80.9 Å². The van der Waals surface area contributed by atoms with Gasteiger partial charge in [0.15, 0.2) is 5.88 Å². The van der Waals surface area contributed by atoms with Crippen LogP contribution in [0.15, 0.2) is 16.5 Å². The number of rotatable bonds is 10. The fraction of sp³-hybridized carbons (Fsp3) is 0.583. The fourth-order valence-electron chi connectivity index (χ4n) is 1.33. The van der Waals surface area contributed by atoms with Gasteiger partial charge < -0.3 is 24.3 Å². The molecular weight excluding hydrogens is 238 g/mol. The number of aromatic carboxylic acids is 1. The van der Waals surface area contributed by atoms with E-state index in [1.54, 1.807) is 13.2 Å². The lowest BCUT2D eigenvalue weighted by atomic mass is 10.3. The van der Waals surface area contributed by atoms with E-state index >= 15 is 0 Å². The van der Waals surface area contributed by atoms with Gasteiger partial charge in [0.1, 0.15) is 0 Å². The number of unbranched alkanes of at least 4 members (excludes halogenated alkanes) is 1. The predicted octanol–water partition coefficient (Wildman–Crippen LogP) is 1.83. The first kappa shape index (κ1) is 14.5. The van der Waals surface area contributed by atoms with E-state index in [1.807, 2.05) is 0 Å². The lowest BCUT2D eigenvalue weighted by Crippen LogP contribution is -2.05. The molecule has 0 fully saturated rings. The third-order valence-corrected chi connectivity index (χ3v) is 2.26. The summed E-state index contributed by atoms with van der Waals surface area (Å²) in [6, 6.07) is 3.04. The molecule has 0 saturated heterocycles. The molecule has 0 aliphatic rings. The van der Waals surface area contributed by atoms with Gasteiger partial charge in [-0.2, -0.15) is 0 Å². The minimum Gasteiger partial charge on any atom is -0.475 e. The van der Waals surface area contributed by atoms with Gasteiger partial charge in [0.25, 0.3) is 0 Å². The summed E-state index contributed by atoms with van der Waals surface area (Å²) in [7, 11) is 1.64. The van der Waals surface area contributed by atoms with Crippen molar-refractivity contribution in [2.45, 2.75) is 12.8 Å². The molecule has 0 bridgehead atoms. The van der Waals surface area contributed by atoms with Gasteiger partial charge in [0.2, 0.25) is 5.76 Å². The van der Waals surface area contributed by atoms with Crippen molar-refractivity contribution in [2.75, 3.05) is 38.8 Å². The highest BCUT2D eigenvalue weighted by molar-refractivity contribution is 5.84. The van der Waals surface area contributed by atoms with Crippen molar-refractivity contribution in [1.82, 2.24) is 0 Å². The summed E-state index contributed by atoms with van der Waals surface area (Å²) in [5, 5.41) is 11.7. The first-order chi connectivity index (χ1) is 8.74. The monoisotopic (exact) mass is 257 g/mol. The highest BCUT2D eigenvalue weighted by Gasteiger charge is 2.07. The van der Waals surface area contributed by atoms with E-state index in [2.05, 4.69) is 5.32 Å². The Morgan fingerprint density at radius 3 is 2.83 bits per heavy atom. The van der Waals surface area contributed by atoms with Crippen molar-refractivity contribution >= 4 is 11.9 Å². The lowest BCUT2D eigenvalue weighted by Gasteiger charge is -2.04. The summed E-state index contributed by atoms with van der Waals surface area (Å²) < 4.78 is 15.2. The average Bonchev–Trinajstić information content (AvgIpc) is 2.81. The summed E-state index contributed by atoms with van der Waals surface area (Å²) in [5.74, 6) is -0.636. The van der Waals surface area contributed by atoms with Gasteiger partial charge in [-0.3, -0.25) is 0 Å². The first-order valence-corrected chi connectivity index (χ1v) is 5.87. The molecule has 0 atom stereocenters. The van der Waals surface area contributed by atoms with Crippen LogP contribution in [0.2, 0.25) is 0 Å². The molecular formula is C12H19NO5. The second kappa shape index (κ2) is 8.54. The molecule has 0 amide bonds. The molecule has 102 valence electrons. The Kier molecular flexibility index (Phi) is 6.90. The van der Waals surface area contributed by atoms with E-state index in [4.69, 9.17) is 19.0 Å². The lowest BCUT2D eigenvalue weighted by molar-refractivity contribution is 0.0663. The number of methoxy groups -OCH3 is 1. The maximum atomic E-state index is 10.6. The van der Waals surface area contributed by atoms with E-state index in [-0.39, 0.29) is 5.76 Å². The minimum atomic E-state index is -1.06. The Hall–Kier alpha value is -1.53. The molecule has 6 nitrogen and oxygen atoms in total. The van der Waals surface area contributed by atoms with Crippen LogP contribution in [0.5, 0.6) is 0 Å². The number of furan rings is 1. The molecule has 18 heavy (non-hydrogen) atoms. The summed E-state index contributed by atoms with van der Waals surface area (Å²) in [6.45, 7) is 2.65. The van der Waals surface area contributed by atoms with Crippen molar-refractivity contribution in [3.05, 3.63) is 17.9 Å². The number of hydrogen-bond donors (Lipinski definition) is 2. The number of hydrogen-bond acceptors (Lipinski definition) is 5. The molecule has 1 heterocycles. The molecule has 0 radical (unpaired) electrons. The average molecular weight is 257 g/mol. The third-order valence-electron chi connectivity index (χ3n) is 2.26. The Balaban J connectivity index is 2.02. The zero-order chi connectivity index (χ0) is 13.2. The van der Waals surface area contributed by atoms with E-state index < -0.39 is 5.97 Å². The van der Waals surface area contributed by atoms with Crippen LogP contribution in [0.1, 0.15) is 23.4 Å². The SMILES string of the molecule is COCCOCCCCNc1ccc(C(=O)O)o1. The number of carboxylic acid groups (broad SMARTS) is 1.